The van der Waals surface area contributed by atoms with E-state index in [9.17, 15) is 22.0 Å². The molecule has 0 bridgehead atoms. The third-order valence-corrected chi connectivity index (χ3v) is 6.45. The van der Waals surface area contributed by atoms with Crippen LogP contribution in [0.15, 0.2) is 28.6 Å². The monoisotopic (exact) mass is 388 g/mol. The van der Waals surface area contributed by atoms with Crippen LogP contribution in [-0.4, -0.2) is 41.9 Å². The van der Waals surface area contributed by atoms with Crippen molar-refractivity contribution in [2.45, 2.75) is 17.7 Å². The molecule has 1 fully saturated rings. The summed E-state index contributed by atoms with van der Waals surface area (Å²) in [6.07, 6.45) is 0.654. The van der Waals surface area contributed by atoms with Gasteiger partial charge in [0.25, 0.3) is 0 Å². The Hall–Kier alpha value is -1.98. The van der Waals surface area contributed by atoms with Gasteiger partial charge in [0.2, 0.25) is 21.1 Å². The summed E-state index contributed by atoms with van der Waals surface area (Å²) >= 11 is 1.19. The Balaban J connectivity index is 1.64. The van der Waals surface area contributed by atoms with Crippen LogP contribution in [0.5, 0.6) is 0 Å². The van der Waals surface area contributed by atoms with Crippen LogP contribution in [0.2, 0.25) is 0 Å². The van der Waals surface area contributed by atoms with E-state index in [0.29, 0.717) is 24.0 Å². The molecule has 11 heteroatoms. The molecule has 134 valence electrons. The number of piperidine rings is 1. The third-order valence-electron chi connectivity index (χ3n) is 3.94. The Labute approximate surface area is 146 Å². The molecule has 2 heterocycles. The van der Waals surface area contributed by atoms with Crippen molar-refractivity contribution in [1.82, 2.24) is 14.5 Å². The van der Waals surface area contributed by atoms with E-state index < -0.39 is 21.7 Å². The Bertz CT molecular complexity index is 866. The SMILES string of the molecule is O=C(Nc1nncs1)C1CCN(S(=O)(=O)c2ccc(F)c(F)c2)CC1. The number of nitrogens with one attached hydrogen (secondary N) is 1. The van der Waals surface area contributed by atoms with Gasteiger partial charge in [-0.1, -0.05) is 11.3 Å². The standard InChI is InChI=1S/C14H14F2N4O3S2/c15-11-2-1-10(7-12(11)16)25(22,23)20-5-3-9(4-6-20)13(21)18-14-19-17-8-24-14/h1-2,7-9H,3-6H2,(H,18,19,21). The largest absolute Gasteiger partial charge is 0.300 e. The number of anilines is 1. The van der Waals surface area contributed by atoms with Crippen molar-refractivity contribution in [3.63, 3.8) is 0 Å². The van der Waals surface area contributed by atoms with E-state index in [0.717, 1.165) is 12.1 Å². The van der Waals surface area contributed by atoms with E-state index in [1.807, 2.05) is 0 Å². The van der Waals surface area contributed by atoms with Crippen LogP contribution in [0.4, 0.5) is 13.9 Å². The molecule has 1 amide bonds. The van der Waals surface area contributed by atoms with Gasteiger partial charge < -0.3 is 5.32 Å². The Morgan fingerprint density at radius 3 is 2.56 bits per heavy atom. The molecular weight excluding hydrogens is 374 g/mol. The Kier molecular flexibility index (Phi) is 5.06. The number of halogens is 2. The molecule has 1 N–H and O–H groups in total. The number of hydrogen-bond acceptors (Lipinski definition) is 6. The van der Waals surface area contributed by atoms with Crippen molar-refractivity contribution in [3.8, 4) is 0 Å². The van der Waals surface area contributed by atoms with E-state index in [1.165, 1.54) is 21.2 Å². The highest BCUT2D eigenvalue weighted by atomic mass is 32.2. The lowest BCUT2D eigenvalue weighted by molar-refractivity contribution is -0.120. The van der Waals surface area contributed by atoms with Crippen molar-refractivity contribution in [2.75, 3.05) is 18.4 Å². The number of aromatic nitrogens is 2. The lowest BCUT2D eigenvalue weighted by Crippen LogP contribution is -2.41. The molecule has 1 aliphatic heterocycles. The highest BCUT2D eigenvalue weighted by Crippen LogP contribution is 2.25. The molecule has 0 unspecified atom stereocenters. The minimum absolute atomic E-state index is 0.121. The summed E-state index contributed by atoms with van der Waals surface area (Å²) in [4.78, 5) is 11.8. The molecule has 0 saturated carbocycles. The van der Waals surface area contributed by atoms with E-state index in [4.69, 9.17) is 0 Å². The molecule has 1 aliphatic rings. The second-order valence-corrected chi connectivity index (χ2v) is 8.26. The van der Waals surface area contributed by atoms with Crippen LogP contribution in [0, 0.1) is 17.6 Å². The van der Waals surface area contributed by atoms with Crippen molar-refractivity contribution in [3.05, 3.63) is 35.3 Å². The van der Waals surface area contributed by atoms with Crippen molar-refractivity contribution >= 4 is 32.4 Å². The number of amides is 1. The smallest absolute Gasteiger partial charge is 0.243 e. The predicted molar refractivity (Wildman–Crippen MR) is 86.4 cm³/mol. The van der Waals surface area contributed by atoms with Crippen LogP contribution in [0.3, 0.4) is 0 Å². The number of carbonyl (C=O) groups excluding carboxylic acids is 1. The lowest BCUT2D eigenvalue weighted by atomic mass is 9.97. The maximum absolute atomic E-state index is 13.3. The van der Waals surface area contributed by atoms with Gasteiger partial charge in [0.1, 0.15) is 5.51 Å². The van der Waals surface area contributed by atoms with Gasteiger partial charge in [-0.3, -0.25) is 4.79 Å². The van der Waals surface area contributed by atoms with E-state index >= 15 is 0 Å². The van der Waals surface area contributed by atoms with Crippen LogP contribution in [0.1, 0.15) is 12.8 Å². The number of nitrogens with zero attached hydrogens (tertiary/aromatic N) is 3. The van der Waals surface area contributed by atoms with E-state index in [-0.39, 0.29) is 29.8 Å². The Morgan fingerprint density at radius 2 is 1.96 bits per heavy atom. The minimum atomic E-state index is -3.93. The third kappa shape index (κ3) is 3.83. The quantitative estimate of drug-likeness (QED) is 0.863. The Morgan fingerprint density at radius 1 is 1.24 bits per heavy atom. The molecule has 2 aromatic rings. The topological polar surface area (TPSA) is 92.3 Å². The zero-order valence-corrected chi connectivity index (χ0v) is 14.5. The number of sulfonamides is 1. The summed E-state index contributed by atoms with van der Waals surface area (Å²) in [5, 5.41) is 10.4. The minimum Gasteiger partial charge on any atom is -0.300 e. The average molecular weight is 388 g/mol. The molecule has 1 aromatic carbocycles. The summed E-state index contributed by atoms with van der Waals surface area (Å²) < 4.78 is 52.5. The van der Waals surface area contributed by atoms with Gasteiger partial charge in [-0.15, -0.1) is 10.2 Å². The van der Waals surface area contributed by atoms with E-state index in [1.54, 1.807) is 0 Å². The van der Waals surface area contributed by atoms with Crippen molar-refractivity contribution in [1.29, 1.82) is 0 Å². The second kappa shape index (κ2) is 7.10. The first-order valence-electron chi connectivity index (χ1n) is 7.40. The first-order chi connectivity index (χ1) is 11.9. The molecule has 7 nitrogen and oxygen atoms in total. The second-order valence-electron chi connectivity index (χ2n) is 5.49. The normalized spacial score (nSPS) is 16.7. The van der Waals surface area contributed by atoms with Gasteiger partial charge in [-0.2, -0.15) is 4.31 Å². The van der Waals surface area contributed by atoms with Crippen LogP contribution in [-0.2, 0) is 14.8 Å². The van der Waals surface area contributed by atoms with Crippen LogP contribution < -0.4 is 5.32 Å². The van der Waals surface area contributed by atoms with Gasteiger partial charge in [0, 0.05) is 19.0 Å². The van der Waals surface area contributed by atoms with Gasteiger partial charge in [-0.05, 0) is 31.0 Å². The molecule has 0 radical (unpaired) electrons. The lowest BCUT2D eigenvalue weighted by Gasteiger charge is -2.30. The fourth-order valence-corrected chi connectivity index (χ4v) is 4.51. The first-order valence-corrected chi connectivity index (χ1v) is 9.72. The summed E-state index contributed by atoms with van der Waals surface area (Å²) in [6, 6.07) is 2.48. The van der Waals surface area contributed by atoms with E-state index in [2.05, 4.69) is 15.5 Å². The summed E-state index contributed by atoms with van der Waals surface area (Å²) in [7, 11) is -3.93. The molecule has 25 heavy (non-hydrogen) atoms. The molecule has 1 aromatic heterocycles. The maximum Gasteiger partial charge on any atom is 0.243 e. The van der Waals surface area contributed by atoms with Crippen LogP contribution in [0.25, 0.3) is 0 Å². The zero-order chi connectivity index (χ0) is 18.0. The number of rotatable bonds is 4. The summed E-state index contributed by atoms with van der Waals surface area (Å²) in [6.45, 7) is 0.241. The summed E-state index contributed by atoms with van der Waals surface area (Å²) in [5.74, 6) is -2.90. The first kappa shape index (κ1) is 17.8. The average Bonchev–Trinajstić information content (AvgIpc) is 3.10. The molecule has 0 atom stereocenters. The molecule has 0 spiro atoms. The maximum atomic E-state index is 13.3. The predicted octanol–water partition coefficient (Wildman–Crippen LogP) is 1.86. The number of hydrogen-bond donors (Lipinski definition) is 1. The molecule has 0 aliphatic carbocycles. The molecule has 1 saturated heterocycles. The van der Waals surface area contributed by atoms with Crippen LogP contribution >= 0.6 is 11.3 Å². The summed E-state index contributed by atoms with van der Waals surface area (Å²) in [5.41, 5.74) is 1.49. The molecule has 3 rings (SSSR count). The number of benzene rings is 1. The van der Waals surface area contributed by atoms with Crippen molar-refractivity contribution < 1.29 is 22.0 Å². The highest BCUT2D eigenvalue weighted by molar-refractivity contribution is 7.89. The molecular formula is C14H14F2N4O3S2. The van der Waals surface area contributed by atoms with Gasteiger partial charge in [0.15, 0.2) is 11.6 Å². The van der Waals surface area contributed by atoms with Gasteiger partial charge in [0.05, 0.1) is 4.90 Å². The fourth-order valence-electron chi connectivity index (χ4n) is 2.58. The van der Waals surface area contributed by atoms with Gasteiger partial charge >= 0.3 is 0 Å². The van der Waals surface area contributed by atoms with Gasteiger partial charge in [-0.25, -0.2) is 17.2 Å². The zero-order valence-electron chi connectivity index (χ0n) is 12.9. The fraction of sp³-hybridized carbons (Fsp3) is 0.357. The van der Waals surface area contributed by atoms with Crippen molar-refractivity contribution in [2.24, 2.45) is 5.92 Å². The number of carbonyl (C=O) groups is 1. The highest BCUT2D eigenvalue weighted by Gasteiger charge is 2.32.